The second kappa shape index (κ2) is 7.45. The fourth-order valence-corrected chi connectivity index (χ4v) is 2.37. The Morgan fingerprint density at radius 1 is 1.17 bits per heavy atom. The van der Waals surface area contributed by atoms with E-state index in [0.29, 0.717) is 12.1 Å². The van der Waals surface area contributed by atoms with Gasteiger partial charge in [0.05, 0.1) is 13.0 Å². The number of esters is 1. The van der Waals surface area contributed by atoms with E-state index >= 15 is 0 Å². The minimum absolute atomic E-state index is 0.0121. The molecule has 0 aliphatic carbocycles. The summed E-state index contributed by atoms with van der Waals surface area (Å²) in [6.45, 7) is 1.94. The Bertz CT molecular complexity index is 697. The third-order valence-corrected chi connectivity index (χ3v) is 3.60. The van der Waals surface area contributed by atoms with Crippen molar-refractivity contribution in [2.24, 2.45) is 0 Å². The third-order valence-electron chi connectivity index (χ3n) is 3.60. The van der Waals surface area contributed by atoms with Gasteiger partial charge in [-0.2, -0.15) is 0 Å². The van der Waals surface area contributed by atoms with E-state index in [1.165, 1.54) is 25.3 Å². The maximum Gasteiger partial charge on any atom is 0.341 e. The standard InChI is InChI=1S/C18H19NO4/c1-3-14(12-7-5-4-6-8-12)17(21)19-13-9-10-16(20)15(11-13)18(22)23-2/h4-11,14,20H,3H2,1-2H3,(H,19,21)/t14-/m1/s1. The minimum Gasteiger partial charge on any atom is -0.507 e. The zero-order chi connectivity index (χ0) is 16.8. The molecule has 0 heterocycles. The van der Waals surface area contributed by atoms with Crippen LogP contribution in [0.1, 0.15) is 35.2 Å². The number of rotatable bonds is 5. The number of ether oxygens (including phenoxy) is 1. The van der Waals surface area contributed by atoms with Crippen LogP contribution in [0.2, 0.25) is 0 Å². The number of carbonyl (C=O) groups is 2. The summed E-state index contributed by atoms with van der Waals surface area (Å²) in [6.07, 6.45) is 0.651. The van der Waals surface area contributed by atoms with Crippen LogP contribution in [0.3, 0.4) is 0 Å². The van der Waals surface area contributed by atoms with Crippen LogP contribution in [0, 0.1) is 0 Å². The molecule has 1 atom stereocenters. The summed E-state index contributed by atoms with van der Waals surface area (Å²) in [7, 11) is 1.23. The van der Waals surface area contributed by atoms with Crippen LogP contribution in [0.5, 0.6) is 5.75 Å². The Balaban J connectivity index is 2.21. The van der Waals surface area contributed by atoms with Crippen molar-refractivity contribution in [3.05, 3.63) is 59.7 Å². The Hall–Kier alpha value is -2.82. The van der Waals surface area contributed by atoms with Gasteiger partial charge in [0.2, 0.25) is 5.91 Å². The molecule has 0 aromatic heterocycles. The van der Waals surface area contributed by atoms with Crippen molar-refractivity contribution in [3.8, 4) is 5.75 Å². The number of phenolic OH excluding ortho intramolecular Hbond substituents is 1. The van der Waals surface area contributed by atoms with Gasteiger partial charge >= 0.3 is 5.97 Å². The van der Waals surface area contributed by atoms with Crippen LogP contribution >= 0.6 is 0 Å². The predicted molar refractivity (Wildman–Crippen MR) is 87.6 cm³/mol. The quantitative estimate of drug-likeness (QED) is 0.656. The Labute approximate surface area is 134 Å². The van der Waals surface area contributed by atoms with Crippen LogP contribution in [0.15, 0.2) is 48.5 Å². The second-order valence-corrected chi connectivity index (χ2v) is 5.08. The maximum absolute atomic E-state index is 12.5. The van der Waals surface area contributed by atoms with Gasteiger partial charge in [-0.25, -0.2) is 4.79 Å². The van der Waals surface area contributed by atoms with Crippen molar-refractivity contribution < 1.29 is 19.4 Å². The number of amides is 1. The van der Waals surface area contributed by atoms with Gasteiger partial charge in [-0.1, -0.05) is 37.3 Å². The van der Waals surface area contributed by atoms with E-state index in [4.69, 9.17) is 0 Å². The van der Waals surface area contributed by atoms with Crippen LogP contribution < -0.4 is 5.32 Å². The van der Waals surface area contributed by atoms with E-state index in [0.717, 1.165) is 5.56 Å². The lowest BCUT2D eigenvalue weighted by Crippen LogP contribution is -2.20. The molecule has 0 aliphatic rings. The molecular formula is C18H19NO4. The first-order chi connectivity index (χ1) is 11.1. The number of anilines is 1. The molecule has 0 bridgehead atoms. The molecule has 2 rings (SSSR count). The van der Waals surface area contributed by atoms with Crippen LogP contribution in [0.4, 0.5) is 5.69 Å². The Morgan fingerprint density at radius 2 is 1.87 bits per heavy atom. The summed E-state index contributed by atoms with van der Waals surface area (Å²) in [6, 6.07) is 13.8. The molecule has 2 aromatic rings. The highest BCUT2D eigenvalue weighted by Gasteiger charge is 2.19. The lowest BCUT2D eigenvalue weighted by molar-refractivity contribution is -0.117. The van der Waals surface area contributed by atoms with Crippen molar-refractivity contribution in [2.45, 2.75) is 19.3 Å². The van der Waals surface area contributed by atoms with Crippen molar-refractivity contribution in [1.82, 2.24) is 0 Å². The molecule has 2 aromatic carbocycles. The largest absolute Gasteiger partial charge is 0.507 e. The monoisotopic (exact) mass is 313 g/mol. The molecule has 1 amide bonds. The molecule has 0 radical (unpaired) electrons. The zero-order valence-electron chi connectivity index (χ0n) is 13.1. The number of nitrogens with one attached hydrogen (secondary N) is 1. The first-order valence-electron chi connectivity index (χ1n) is 7.34. The van der Waals surface area contributed by atoms with E-state index in [1.807, 2.05) is 37.3 Å². The summed E-state index contributed by atoms with van der Waals surface area (Å²) in [5, 5.41) is 12.5. The fraction of sp³-hybridized carbons (Fsp3) is 0.222. The van der Waals surface area contributed by atoms with Gasteiger partial charge in [0, 0.05) is 5.69 Å². The summed E-state index contributed by atoms with van der Waals surface area (Å²) in [4.78, 5) is 24.1. The number of carbonyl (C=O) groups excluding carboxylic acids is 2. The first-order valence-corrected chi connectivity index (χ1v) is 7.34. The van der Waals surface area contributed by atoms with Crippen molar-refractivity contribution >= 4 is 17.6 Å². The number of benzene rings is 2. The van der Waals surface area contributed by atoms with E-state index in [-0.39, 0.29) is 23.1 Å². The summed E-state index contributed by atoms with van der Waals surface area (Å²) in [5.74, 6) is -1.30. The van der Waals surface area contributed by atoms with Crippen molar-refractivity contribution in [2.75, 3.05) is 12.4 Å². The smallest absolute Gasteiger partial charge is 0.341 e. The average molecular weight is 313 g/mol. The fourth-order valence-electron chi connectivity index (χ4n) is 2.37. The predicted octanol–water partition coefficient (Wildman–Crippen LogP) is 3.31. The highest BCUT2D eigenvalue weighted by molar-refractivity contribution is 5.98. The van der Waals surface area contributed by atoms with Crippen LogP contribution in [0.25, 0.3) is 0 Å². The number of aromatic hydroxyl groups is 1. The molecule has 23 heavy (non-hydrogen) atoms. The van der Waals surface area contributed by atoms with Crippen LogP contribution in [-0.4, -0.2) is 24.1 Å². The van der Waals surface area contributed by atoms with Gasteiger partial charge in [0.1, 0.15) is 11.3 Å². The number of hydrogen-bond donors (Lipinski definition) is 2. The van der Waals surface area contributed by atoms with Crippen molar-refractivity contribution in [3.63, 3.8) is 0 Å². The normalized spacial score (nSPS) is 11.6. The van der Waals surface area contributed by atoms with E-state index in [2.05, 4.69) is 10.1 Å². The van der Waals surface area contributed by atoms with Crippen molar-refractivity contribution in [1.29, 1.82) is 0 Å². The van der Waals surface area contributed by atoms with Gasteiger partial charge in [-0.15, -0.1) is 0 Å². The lowest BCUT2D eigenvalue weighted by atomic mass is 9.95. The van der Waals surface area contributed by atoms with Gasteiger partial charge in [-0.05, 0) is 30.2 Å². The zero-order valence-corrected chi connectivity index (χ0v) is 13.1. The molecule has 0 fully saturated rings. The van der Waals surface area contributed by atoms with Gasteiger partial charge < -0.3 is 15.2 Å². The number of hydrogen-bond acceptors (Lipinski definition) is 4. The van der Waals surface area contributed by atoms with Gasteiger partial charge in [0.15, 0.2) is 0 Å². The molecule has 0 saturated carbocycles. The minimum atomic E-state index is -0.659. The average Bonchev–Trinajstić information content (AvgIpc) is 2.57. The van der Waals surface area contributed by atoms with E-state index in [9.17, 15) is 14.7 Å². The highest BCUT2D eigenvalue weighted by Crippen LogP contribution is 2.25. The second-order valence-electron chi connectivity index (χ2n) is 5.08. The van der Waals surface area contributed by atoms with E-state index in [1.54, 1.807) is 0 Å². The molecule has 2 N–H and O–H groups in total. The summed E-state index contributed by atoms with van der Waals surface area (Å²) >= 11 is 0. The molecule has 0 spiro atoms. The Morgan fingerprint density at radius 3 is 2.48 bits per heavy atom. The van der Waals surface area contributed by atoms with Gasteiger partial charge in [0.25, 0.3) is 0 Å². The third kappa shape index (κ3) is 3.88. The molecular weight excluding hydrogens is 294 g/mol. The molecule has 5 heteroatoms. The topological polar surface area (TPSA) is 75.6 Å². The SMILES string of the molecule is CC[C@@H](C(=O)Nc1ccc(O)c(C(=O)OC)c1)c1ccccc1. The summed E-state index contributed by atoms with van der Waals surface area (Å²) in [5.41, 5.74) is 1.38. The van der Waals surface area contributed by atoms with E-state index < -0.39 is 5.97 Å². The van der Waals surface area contributed by atoms with Crippen LogP contribution in [-0.2, 0) is 9.53 Å². The lowest BCUT2D eigenvalue weighted by Gasteiger charge is -2.16. The molecule has 120 valence electrons. The molecule has 0 saturated heterocycles. The first kappa shape index (κ1) is 16.5. The summed E-state index contributed by atoms with van der Waals surface area (Å²) < 4.78 is 4.60. The highest BCUT2D eigenvalue weighted by atomic mass is 16.5. The van der Waals surface area contributed by atoms with Gasteiger partial charge in [-0.3, -0.25) is 4.79 Å². The Kier molecular flexibility index (Phi) is 5.36. The number of methoxy groups -OCH3 is 1. The molecule has 0 aliphatic heterocycles. The number of phenols is 1. The molecule has 5 nitrogen and oxygen atoms in total. The molecule has 0 unspecified atom stereocenters. The maximum atomic E-state index is 12.5.